The van der Waals surface area contributed by atoms with Crippen LogP contribution < -0.4 is 0 Å². The molecule has 0 fully saturated rings. The lowest BCUT2D eigenvalue weighted by Gasteiger charge is -2.04. The molecule has 1 N–H and O–H groups in total. The fourth-order valence-electron chi connectivity index (χ4n) is 1.63. The van der Waals surface area contributed by atoms with Crippen molar-refractivity contribution in [2.75, 3.05) is 0 Å². The van der Waals surface area contributed by atoms with E-state index in [9.17, 15) is 4.39 Å². The first-order valence-electron chi connectivity index (χ1n) is 5.51. The van der Waals surface area contributed by atoms with Crippen LogP contribution in [0.5, 0.6) is 0 Å². The van der Waals surface area contributed by atoms with Gasteiger partial charge < -0.3 is 4.98 Å². The average molecular weight is 248 g/mol. The first-order valence-corrected chi connectivity index (χ1v) is 5.92. The molecule has 1 heterocycles. The van der Waals surface area contributed by atoms with Gasteiger partial charge in [0.2, 0.25) is 0 Å². The first kappa shape index (κ1) is 11.9. The third kappa shape index (κ3) is 3.20. The van der Waals surface area contributed by atoms with Crippen molar-refractivity contribution in [1.29, 1.82) is 0 Å². The van der Waals surface area contributed by atoms with Gasteiger partial charge in [0.05, 0.1) is 0 Å². The predicted molar refractivity (Wildman–Crippen MR) is 68.0 cm³/mol. The molecule has 2 nitrogen and oxygen atoms in total. The Kier molecular flexibility index (Phi) is 3.64. The second-order valence-corrected chi connectivity index (χ2v) is 4.27. The second-order valence-electron chi connectivity index (χ2n) is 3.85. The van der Waals surface area contributed by atoms with Crippen molar-refractivity contribution in [3.63, 3.8) is 0 Å². The Morgan fingerprint density at radius 3 is 2.65 bits per heavy atom. The van der Waals surface area contributed by atoms with Crippen molar-refractivity contribution in [3.8, 4) is 0 Å². The third-order valence-electron chi connectivity index (χ3n) is 2.51. The molecule has 0 amide bonds. The maximum atomic E-state index is 12.8. The number of aromatic nitrogens is 2. The van der Waals surface area contributed by atoms with Crippen molar-refractivity contribution in [2.45, 2.75) is 19.8 Å². The van der Waals surface area contributed by atoms with E-state index in [4.69, 9.17) is 12.2 Å². The number of H-pyrrole nitrogens is 1. The molecule has 0 saturated heterocycles. The summed E-state index contributed by atoms with van der Waals surface area (Å²) in [5.41, 5.74) is 2.08. The zero-order valence-corrected chi connectivity index (χ0v) is 10.4. The SMILES string of the molecule is CCc1cc(=S)nc(Cc2ccc(F)cc2)[nH]1. The van der Waals surface area contributed by atoms with Crippen LogP contribution in [0, 0.1) is 10.5 Å². The molecule has 17 heavy (non-hydrogen) atoms. The summed E-state index contributed by atoms with van der Waals surface area (Å²) in [5.74, 6) is 0.595. The van der Waals surface area contributed by atoms with E-state index < -0.39 is 0 Å². The molecule has 0 bridgehead atoms. The molecule has 88 valence electrons. The maximum absolute atomic E-state index is 12.8. The summed E-state index contributed by atoms with van der Waals surface area (Å²) >= 11 is 5.10. The van der Waals surface area contributed by atoms with Gasteiger partial charge in [-0.15, -0.1) is 0 Å². The number of benzene rings is 1. The van der Waals surface area contributed by atoms with E-state index in [1.54, 1.807) is 12.1 Å². The van der Waals surface area contributed by atoms with Gasteiger partial charge in [0.25, 0.3) is 0 Å². The fraction of sp³-hybridized carbons (Fsp3) is 0.231. The lowest BCUT2D eigenvalue weighted by molar-refractivity contribution is 0.627. The Balaban J connectivity index is 2.26. The minimum absolute atomic E-state index is 0.225. The van der Waals surface area contributed by atoms with Crippen LogP contribution in [0.1, 0.15) is 24.0 Å². The molecular weight excluding hydrogens is 235 g/mol. The van der Waals surface area contributed by atoms with E-state index in [1.807, 2.05) is 6.07 Å². The van der Waals surface area contributed by atoms with Crippen molar-refractivity contribution in [3.05, 3.63) is 57.9 Å². The highest BCUT2D eigenvalue weighted by Crippen LogP contribution is 2.08. The number of rotatable bonds is 3. The van der Waals surface area contributed by atoms with Crippen LogP contribution >= 0.6 is 12.2 Å². The highest BCUT2D eigenvalue weighted by molar-refractivity contribution is 7.71. The number of nitrogens with one attached hydrogen (secondary N) is 1. The second kappa shape index (κ2) is 5.19. The highest BCUT2D eigenvalue weighted by atomic mass is 32.1. The van der Waals surface area contributed by atoms with E-state index in [0.717, 1.165) is 23.5 Å². The van der Waals surface area contributed by atoms with Gasteiger partial charge in [-0.2, -0.15) is 0 Å². The molecule has 0 unspecified atom stereocenters. The largest absolute Gasteiger partial charge is 0.347 e. The number of aryl methyl sites for hydroxylation is 1. The van der Waals surface area contributed by atoms with Crippen molar-refractivity contribution in [2.24, 2.45) is 0 Å². The minimum atomic E-state index is -0.225. The number of aromatic amines is 1. The quantitative estimate of drug-likeness (QED) is 0.843. The zero-order valence-electron chi connectivity index (χ0n) is 9.53. The predicted octanol–water partition coefficient (Wildman–Crippen LogP) is 3.43. The Morgan fingerprint density at radius 1 is 1.29 bits per heavy atom. The molecule has 0 aliphatic heterocycles. The summed E-state index contributed by atoms with van der Waals surface area (Å²) in [7, 11) is 0. The van der Waals surface area contributed by atoms with Gasteiger partial charge in [0, 0.05) is 12.1 Å². The summed E-state index contributed by atoms with van der Waals surface area (Å²) in [6, 6.07) is 8.28. The molecule has 0 aliphatic rings. The van der Waals surface area contributed by atoms with E-state index in [1.165, 1.54) is 12.1 Å². The topological polar surface area (TPSA) is 28.7 Å². The first-order chi connectivity index (χ1) is 8.17. The molecule has 4 heteroatoms. The van der Waals surface area contributed by atoms with Crippen LogP contribution in [0.3, 0.4) is 0 Å². The molecule has 0 saturated carbocycles. The van der Waals surface area contributed by atoms with E-state index in [2.05, 4.69) is 16.9 Å². The Morgan fingerprint density at radius 2 is 2.00 bits per heavy atom. The molecule has 0 atom stereocenters. The number of halogens is 1. The maximum Gasteiger partial charge on any atom is 0.130 e. The van der Waals surface area contributed by atoms with Crippen LogP contribution in [-0.4, -0.2) is 9.97 Å². The standard InChI is InChI=1S/C13H13FN2S/c1-2-11-8-13(17)16-12(15-11)7-9-3-5-10(14)6-4-9/h3-6,8H,2,7H2,1H3,(H,15,16,17). The Labute approximate surface area is 105 Å². The summed E-state index contributed by atoms with van der Waals surface area (Å²) in [6.45, 7) is 2.06. The molecule has 2 aromatic rings. The lowest BCUT2D eigenvalue weighted by atomic mass is 10.1. The van der Waals surface area contributed by atoms with Crippen LogP contribution in [0.25, 0.3) is 0 Å². The number of nitrogens with zero attached hydrogens (tertiary/aromatic N) is 1. The zero-order chi connectivity index (χ0) is 12.3. The summed E-state index contributed by atoms with van der Waals surface area (Å²) in [4.78, 5) is 7.49. The van der Waals surface area contributed by atoms with Crippen LogP contribution in [-0.2, 0) is 12.8 Å². The molecule has 0 radical (unpaired) electrons. The van der Waals surface area contributed by atoms with Gasteiger partial charge >= 0.3 is 0 Å². The van der Waals surface area contributed by atoms with Gasteiger partial charge in [-0.25, -0.2) is 9.37 Å². The Hall–Kier alpha value is -1.55. The summed E-state index contributed by atoms with van der Waals surface area (Å²) in [5, 5.41) is 0. The van der Waals surface area contributed by atoms with Crippen LogP contribution in [0.2, 0.25) is 0 Å². The van der Waals surface area contributed by atoms with Gasteiger partial charge in [-0.1, -0.05) is 31.3 Å². The van der Waals surface area contributed by atoms with Crippen molar-refractivity contribution in [1.82, 2.24) is 9.97 Å². The smallest absolute Gasteiger partial charge is 0.130 e. The lowest BCUT2D eigenvalue weighted by Crippen LogP contribution is -2.00. The highest BCUT2D eigenvalue weighted by Gasteiger charge is 2.00. The van der Waals surface area contributed by atoms with E-state index >= 15 is 0 Å². The summed E-state index contributed by atoms with van der Waals surface area (Å²) < 4.78 is 13.4. The van der Waals surface area contributed by atoms with Gasteiger partial charge in [0.1, 0.15) is 16.3 Å². The molecule has 1 aromatic carbocycles. The van der Waals surface area contributed by atoms with Crippen LogP contribution in [0.15, 0.2) is 30.3 Å². The minimum Gasteiger partial charge on any atom is -0.347 e. The van der Waals surface area contributed by atoms with Crippen LogP contribution in [0.4, 0.5) is 4.39 Å². The molecule has 0 spiro atoms. The average Bonchev–Trinajstić information content (AvgIpc) is 2.31. The molecule has 1 aromatic heterocycles. The van der Waals surface area contributed by atoms with Crippen molar-refractivity contribution >= 4 is 12.2 Å². The molecular formula is C13H13FN2S. The molecule has 2 rings (SSSR count). The van der Waals surface area contributed by atoms with Gasteiger partial charge in [-0.05, 0) is 30.2 Å². The number of hydrogen-bond donors (Lipinski definition) is 1. The Bertz CT molecular complexity index is 560. The third-order valence-corrected chi connectivity index (χ3v) is 2.72. The van der Waals surface area contributed by atoms with E-state index in [0.29, 0.717) is 11.1 Å². The fourth-order valence-corrected chi connectivity index (χ4v) is 1.89. The molecule has 0 aliphatic carbocycles. The van der Waals surface area contributed by atoms with Crippen molar-refractivity contribution < 1.29 is 4.39 Å². The van der Waals surface area contributed by atoms with Gasteiger partial charge in [0.15, 0.2) is 0 Å². The number of hydrogen-bond acceptors (Lipinski definition) is 2. The normalized spacial score (nSPS) is 10.5. The summed E-state index contributed by atoms with van der Waals surface area (Å²) in [6.07, 6.45) is 1.53. The monoisotopic (exact) mass is 248 g/mol. The van der Waals surface area contributed by atoms with Gasteiger partial charge in [-0.3, -0.25) is 0 Å². The van der Waals surface area contributed by atoms with E-state index in [-0.39, 0.29) is 5.82 Å².